The maximum atomic E-state index is 13.2. The summed E-state index contributed by atoms with van der Waals surface area (Å²) < 4.78 is 7.06. The smallest absolute Gasteiger partial charge is 0.276 e. The average molecular weight is 611 g/mol. The second-order valence-electron chi connectivity index (χ2n) is 9.49. The molecule has 0 aliphatic rings. The third kappa shape index (κ3) is 6.80. The summed E-state index contributed by atoms with van der Waals surface area (Å²) in [5, 5.41) is 8.47. The molecule has 0 atom stereocenters. The summed E-state index contributed by atoms with van der Waals surface area (Å²) in [5.41, 5.74) is 4.15. The third-order valence-corrected chi connectivity index (χ3v) is 7.78. The number of rotatable bonds is 10. The molecular weight excluding hydrogens is 584 g/mol. The number of aromatic nitrogens is 4. The van der Waals surface area contributed by atoms with Crippen molar-refractivity contribution in [2.24, 2.45) is 0 Å². The van der Waals surface area contributed by atoms with Crippen molar-refractivity contribution in [1.29, 1.82) is 0 Å². The highest BCUT2D eigenvalue weighted by molar-refractivity contribution is 7.98. The lowest BCUT2D eigenvalue weighted by molar-refractivity contribution is 0.102. The highest BCUT2D eigenvalue weighted by Gasteiger charge is 2.19. The second kappa shape index (κ2) is 13.4. The van der Waals surface area contributed by atoms with E-state index in [9.17, 15) is 9.59 Å². The normalized spacial score (nSPS) is 10.7. The number of nitrogens with one attached hydrogen (secondary N) is 2. The molecule has 43 heavy (non-hydrogen) atoms. The number of H-pyrrole nitrogens is 1. The fourth-order valence-electron chi connectivity index (χ4n) is 4.47. The van der Waals surface area contributed by atoms with Gasteiger partial charge < -0.3 is 15.0 Å². The molecule has 0 fully saturated rings. The summed E-state index contributed by atoms with van der Waals surface area (Å²) in [6.45, 7) is 9.53. The number of anilines is 1. The number of ether oxygens (including phenoxy) is 1. The van der Waals surface area contributed by atoms with Gasteiger partial charge in [-0.25, -0.2) is 14.5 Å². The lowest BCUT2D eigenvalue weighted by Crippen LogP contribution is -2.14. The van der Waals surface area contributed by atoms with Crippen LogP contribution in [0, 0.1) is 6.57 Å². The van der Waals surface area contributed by atoms with Gasteiger partial charge in [0.05, 0.1) is 42.5 Å². The van der Waals surface area contributed by atoms with Crippen LogP contribution in [-0.2, 0) is 12.2 Å². The van der Waals surface area contributed by atoms with Gasteiger partial charge in [-0.2, -0.15) is 5.10 Å². The fourth-order valence-corrected chi connectivity index (χ4v) is 5.41. The molecule has 216 valence electrons. The largest absolute Gasteiger partial charge is 0.497 e. The molecule has 0 saturated carbocycles. The standard InChI is InChI=1S/C32H27ClN6O3S/c1-4-6-27-26(18-35-39(27)24-15-11-22(33)12-16-24)30(40)36-23-13-9-20(10-14-23)19-43-32-37-28(29(34-2)31(41)38-32)21-7-5-8-25(17-21)42-3/h5,7-18H,4,6,19H2,1,3H3,(H,36,40)(H,37,38,41). The lowest BCUT2D eigenvalue weighted by Gasteiger charge is -2.10. The number of amides is 1. The topological polar surface area (TPSA) is 106 Å². The van der Waals surface area contributed by atoms with Crippen molar-refractivity contribution < 1.29 is 9.53 Å². The van der Waals surface area contributed by atoms with Crippen LogP contribution in [-0.4, -0.2) is 32.8 Å². The summed E-state index contributed by atoms with van der Waals surface area (Å²) in [4.78, 5) is 36.5. The maximum Gasteiger partial charge on any atom is 0.276 e. The minimum atomic E-state index is -0.495. The summed E-state index contributed by atoms with van der Waals surface area (Å²) in [7, 11) is 1.55. The van der Waals surface area contributed by atoms with E-state index in [1.807, 2.05) is 36.4 Å². The summed E-state index contributed by atoms with van der Waals surface area (Å²) in [6.07, 6.45) is 3.13. The highest BCUT2D eigenvalue weighted by Crippen LogP contribution is 2.30. The van der Waals surface area contributed by atoms with Crippen LogP contribution in [0.4, 0.5) is 11.4 Å². The van der Waals surface area contributed by atoms with Crippen molar-refractivity contribution in [3.8, 4) is 22.7 Å². The molecule has 0 saturated heterocycles. The Morgan fingerprint density at radius 1 is 1.14 bits per heavy atom. The van der Waals surface area contributed by atoms with Gasteiger partial charge in [0.2, 0.25) is 0 Å². The molecule has 0 bridgehead atoms. The maximum absolute atomic E-state index is 13.2. The zero-order valence-electron chi connectivity index (χ0n) is 23.4. The van der Waals surface area contributed by atoms with Crippen molar-refractivity contribution >= 4 is 40.6 Å². The quantitative estimate of drug-likeness (QED) is 0.0974. The van der Waals surface area contributed by atoms with Gasteiger partial charge in [-0.15, -0.1) is 0 Å². The number of hydrogen-bond donors (Lipinski definition) is 2. The number of aromatic amines is 1. The van der Waals surface area contributed by atoms with Crippen molar-refractivity contribution in [3.63, 3.8) is 0 Å². The summed E-state index contributed by atoms with van der Waals surface area (Å²) >= 11 is 7.38. The molecule has 9 nitrogen and oxygen atoms in total. The van der Waals surface area contributed by atoms with Gasteiger partial charge in [0.25, 0.3) is 17.2 Å². The Labute approximate surface area is 257 Å². The van der Waals surface area contributed by atoms with Crippen LogP contribution in [0.25, 0.3) is 21.8 Å². The van der Waals surface area contributed by atoms with Gasteiger partial charge in [-0.1, -0.05) is 61.0 Å². The fraction of sp³-hybridized carbons (Fsp3) is 0.156. The van der Waals surface area contributed by atoms with E-state index in [0.29, 0.717) is 50.6 Å². The minimum absolute atomic E-state index is 0.0708. The van der Waals surface area contributed by atoms with E-state index in [1.54, 1.807) is 54.4 Å². The van der Waals surface area contributed by atoms with E-state index in [1.165, 1.54) is 11.8 Å². The molecule has 11 heteroatoms. The van der Waals surface area contributed by atoms with E-state index in [4.69, 9.17) is 22.9 Å². The predicted molar refractivity (Wildman–Crippen MR) is 170 cm³/mol. The van der Waals surface area contributed by atoms with Gasteiger partial charge in [0.15, 0.2) is 5.16 Å². The first kappa shape index (κ1) is 29.6. The Kier molecular flexibility index (Phi) is 9.25. The minimum Gasteiger partial charge on any atom is -0.497 e. The van der Waals surface area contributed by atoms with Crippen LogP contribution in [0.5, 0.6) is 5.75 Å². The molecule has 5 rings (SSSR count). The zero-order valence-corrected chi connectivity index (χ0v) is 25.0. The zero-order chi connectivity index (χ0) is 30.3. The summed E-state index contributed by atoms with van der Waals surface area (Å²) in [5.74, 6) is 0.882. The van der Waals surface area contributed by atoms with Crippen LogP contribution in [0.1, 0.15) is 35.0 Å². The van der Waals surface area contributed by atoms with Gasteiger partial charge in [0, 0.05) is 16.5 Å². The molecule has 1 amide bonds. The van der Waals surface area contributed by atoms with E-state index in [0.717, 1.165) is 23.4 Å². The number of halogens is 1. The van der Waals surface area contributed by atoms with Crippen LogP contribution in [0.2, 0.25) is 5.02 Å². The number of thioether (sulfide) groups is 1. The molecule has 0 aliphatic heterocycles. The van der Waals surface area contributed by atoms with E-state index in [-0.39, 0.29) is 11.6 Å². The molecule has 0 radical (unpaired) electrons. The van der Waals surface area contributed by atoms with Crippen LogP contribution in [0.15, 0.2) is 88.9 Å². The molecule has 0 aliphatic carbocycles. The molecule has 0 unspecified atom stereocenters. The van der Waals surface area contributed by atoms with E-state index in [2.05, 4.69) is 32.2 Å². The van der Waals surface area contributed by atoms with Crippen molar-refractivity contribution in [1.82, 2.24) is 19.7 Å². The van der Waals surface area contributed by atoms with Crippen molar-refractivity contribution in [2.45, 2.75) is 30.7 Å². The Hall–Kier alpha value is -4.85. The molecule has 2 N–H and O–H groups in total. The van der Waals surface area contributed by atoms with E-state index < -0.39 is 5.56 Å². The van der Waals surface area contributed by atoms with Crippen LogP contribution < -0.4 is 15.6 Å². The molecule has 0 spiro atoms. The monoisotopic (exact) mass is 610 g/mol. The number of benzene rings is 3. The third-order valence-electron chi connectivity index (χ3n) is 6.59. The number of nitrogens with zero attached hydrogens (tertiary/aromatic N) is 4. The first-order chi connectivity index (χ1) is 20.9. The molecule has 3 aromatic carbocycles. The lowest BCUT2D eigenvalue weighted by atomic mass is 10.1. The van der Waals surface area contributed by atoms with Crippen LogP contribution in [0.3, 0.4) is 0 Å². The average Bonchev–Trinajstić information content (AvgIpc) is 3.44. The van der Waals surface area contributed by atoms with Gasteiger partial charge >= 0.3 is 0 Å². The molecule has 5 aromatic rings. The predicted octanol–water partition coefficient (Wildman–Crippen LogP) is 7.33. The van der Waals surface area contributed by atoms with Crippen LogP contribution >= 0.6 is 23.4 Å². The van der Waals surface area contributed by atoms with Crippen molar-refractivity contribution in [2.75, 3.05) is 12.4 Å². The number of hydrogen-bond acceptors (Lipinski definition) is 6. The van der Waals surface area contributed by atoms with E-state index >= 15 is 0 Å². The van der Waals surface area contributed by atoms with Gasteiger partial charge in [-0.05, 0) is 66.1 Å². The SMILES string of the molecule is [C-]#[N+]c1c(-c2cccc(OC)c2)nc(SCc2ccc(NC(=O)c3cnn(-c4ccc(Cl)cc4)c3CCC)cc2)[nH]c1=O. The summed E-state index contributed by atoms with van der Waals surface area (Å²) in [6, 6.07) is 21.9. The Morgan fingerprint density at radius 2 is 1.91 bits per heavy atom. The number of methoxy groups -OCH3 is 1. The first-order valence-electron chi connectivity index (χ1n) is 13.4. The van der Waals surface area contributed by atoms with Gasteiger partial charge in [-0.3, -0.25) is 9.59 Å². The number of carbonyl (C=O) groups excluding carboxylic acids is 1. The molecule has 2 aromatic heterocycles. The molecular formula is C32H27ClN6O3S. The van der Waals surface area contributed by atoms with Crippen molar-refractivity contribution in [3.05, 3.63) is 123 Å². The molecule has 2 heterocycles. The second-order valence-corrected chi connectivity index (χ2v) is 10.9. The number of carbonyl (C=O) groups is 1. The Morgan fingerprint density at radius 3 is 2.60 bits per heavy atom. The first-order valence-corrected chi connectivity index (χ1v) is 14.8. The highest BCUT2D eigenvalue weighted by atomic mass is 35.5. The Balaban J connectivity index is 1.28. The van der Waals surface area contributed by atoms with Gasteiger partial charge in [0.1, 0.15) is 5.75 Å². The Bertz CT molecular complexity index is 1860.